The van der Waals surface area contributed by atoms with Gasteiger partial charge in [0.25, 0.3) is 5.91 Å². The average Bonchev–Trinajstić information content (AvgIpc) is 3.05. The zero-order valence-electron chi connectivity index (χ0n) is 13.7. The lowest BCUT2D eigenvalue weighted by molar-refractivity contribution is -0.138. The summed E-state index contributed by atoms with van der Waals surface area (Å²) < 4.78 is 5.65. The molecular weight excluding hydrogens is 298 g/mol. The molecular formula is C16H25N3O4. The summed E-state index contributed by atoms with van der Waals surface area (Å²) in [5.41, 5.74) is 0. The molecule has 0 radical (unpaired) electrons. The molecule has 23 heavy (non-hydrogen) atoms. The molecule has 7 nitrogen and oxygen atoms in total. The normalized spacial score (nSPS) is 25.2. The van der Waals surface area contributed by atoms with Crippen LogP contribution in [0.4, 0.5) is 4.79 Å². The van der Waals surface area contributed by atoms with Crippen molar-refractivity contribution in [2.24, 2.45) is 5.92 Å². The van der Waals surface area contributed by atoms with Gasteiger partial charge in [0.2, 0.25) is 5.91 Å². The first-order valence-electron chi connectivity index (χ1n) is 8.49. The monoisotopic (exact) mass is 323 g/mol. The predicted octanol–water partition coefficient (Wildman–Crippen LogP) is 0.688. The van der Waals surface area contributed by atoms with Crippen molar-refractivity contribution in [2.45, 2.75) is 38.2 Å². The molecule has 1 aliphatic carbocycles. The lowest BCUT2D eigenvalue weighted by atomic mass is 9.85. The number of hydrogen-bond acceptors (Lipinski definition) is 4. The number of imide groups is 1. The highest BCUT2D eigenvalue weighted by atomic mass is 16.5. The molecule has 2 aliphatic heterocycles. The van der Waals surface area contributed by atoms with Gasteiger partial charge in [0.05, 0.1) is 6.10 Å². The number of urea groups is 1. The van der Waals surface area contributed by atoms with E-state index in [1.54, 1.807) is 11.9 Å². The maximum Gasteiger partial charge on any atom is 0.327 e. The van der Waals surface area contributed by atoms with Crippen LogP contribution in [0.2, 0.25) is 0 Å². The van der Waals surface area contributed by atoms with E-state index in [1.807, 2.05) is 0 Å². The lowest BCUT2D eigenvalue weighted by Crippen LogP contribution is -2.47. The molecule has 2 heterocycles. The summed E-state index contributed by atoms with van der Waals surface area (Å²) in [4.78, 5) is 40.7. The van der Waals surface area contributed by atoms with Gasteiger partial charge in [0, 0.05) is 26.7 Å². The van der Waals surface area contributed by atoms with Crippen molar-refractivity contribution < 1.29 is 19.1 Å². The van der Waals surface area contributed by atoms with E-state index in [0.29, 0.717) is 19.0 Å². The Morgan fingerprint density at radius 1 is 1.22 bits per heavy atom. The van der Waals surface area contributed by atoms with Gasteiger partial charge in [-0.15, -0.1) is 0 Å². The number of hydrogen-bond donors (Lipinski definition) is 0. The highest BCUT2D eigenvalue weighted by molar-refractivity contribution is 6.04. The van der Waals surface area contributed by atoms with Gasteiger partial charge in [0.15, 0.2) is 0 Å². The average molecular weight is 323 g/mol. The van der Waals surface area contributed by atoms with E-state index in [-0.39, 0.29) is 37.0 Å². The molecule has 1 unspecified atom stereocenters. The lowest BCUT2D eigenvalue weighted by Gasteiger charge is -2.34. The molecule has 0 aromatic carbocycles. The van der Waals surface area contributed by atoms with Crippen LogP contribution in [0.1, 0.15) is 32.1 Å². The fourth-order valence-electron chi connectivity index (χ4n) is 3.36. The van der Waals surface area contributed by atoms with Crippen LogP contribution in [-0.4, -0.2) is 78.5 Å². The molecule has 3 rings (SSSR count). The zero-order chi connectivity index (χ0) is 16.4. The molecule has 128 valence electrons. The molecule has 7 heteroatoms. The fourth-order valence-corrected chi connectivity index (χ4v) is 3.36. The summed E-state index contributed by atoms with van der Waals surface area (Å²) in [7, 11) is 1.57. The first-order valence-corrected chi connectivity index (χ1v) is 8.49. The van der Waals surface area contributed by atoms with E-state index in [4.69, 9.17) is 4.74 Å². The molecule has 3 fully saturated rings. The summed E-state index contributed by atoms with van der Waals surface area (Å²) in [6.45, 7) is 1.94. The summed E-state index contributed by atoms with van der Waals surface area (Å²) in [5, 5.41) is 0. The van der Waals surface area contributed by atoms with Crippen LogP contribution >= 0.6 is 0 Å². The fraction of sp³-hybridized carbons (Fsp3) is 0.812. The first kappa shape index (κ1) is 16.2. The number of ether oxygens (including phenoxy) is 1. The SMILES string of the molecule is CN1CC(=O)N(CC(=O)N(CC2CCC2)CC2CCCO2)C1=O. The third-order valence-electron chi connectivity index (χ3n) is 5.03. The van der Waals surface area contributed by atoms with E-state index in [0.717, 1.165) is 37.2 Å². The van der Waals surface area contributed by atoms with Crippen molar-refractivity contribution >= 4 is 17.8 Å². The second kappa shape index (κ2) is 6.86. The Hall–Kier alpha value is -1.63. The van der Waals surface area contributed by atoms with Crippen molar-refractivity contribution in [3.63, 3.8) is 0 Å². The van der Waals surface area contributed by atoms with Crippen LogP contribution in [0.5, 0.6) is 0 Å². The van der Waals surface area contributed by atoms with E-state index < -0.39 is 0 Å². The van der Waals surface area contributed by atoms with E-state index in [2.05, 4.69) is 0 Å². The minimum Gasteiger partial charge on any atom is -0.376 e. The van der Waals surface area contributed by atoms with E-state index in [1.165, 1.54) is 11.3 Å². The first-order chi connectivity index (χ1) is 11.0. The zero-order valence-corrected chi connectivity index (χ0v) is 13.7. The van der Waals surface area contributed by atoms with E-state index in [9.17, 15) is 14.4 Å². The molecule has 0 N–H and O–H groups in total. The Bertz CT molecular complexity index is 486. The smallest absolute Gasteiger partial charge is 0.327 e. The number of likely N-dealkylation sites (N-methyl/N-ethyl adjacent to an activating group) is 1. The van der Waals surface area contributed by atoms with Crippen LogP contribution in [-0.2, 0) is 14.3 Å². The number of carbonyl (C=O) groups is 3. The molecule has 1 saturated carbocycles. The second-order valence-electron chi connectivity index (χ2n) is 6.85. The molecule has 4 amide bonds. The van der Waals surface area contributed by atoms with Crippen molar-refractivity contribution in [1.82, 2.24) is 14.7 Å². The van der Waals surface area contributed by atoms with Gasteiger partial charge in [-0.3, -0.25) is 14.5 Å². The van der Waals surface area contributed by atoms with Crippen LogP contribution in [0.3, 0.4) is 0 Å². The standard InChI is InChI=1S/C16H25N3O4/c1-17-10-15(21)19(16(17)22)11-14(20)18(8-12-4-2-5-12)9-13-6-3-7-23-13/h12-13H,2-11H2,1H3. The van der Waals surface area contributed by atoms with Gasteiger partial charge < -0.3 is 14.5 Å². The van der Waals surface area contributed by atoms with Crippen molar-refractivity contribution in [2.75, 3.05) is 39.8 Å². The minimum absolute atomic E-state index is 0.0560. The Labute approximate surface area is 136 Å². The van der Waals surface area contributed by atoms with Crippen LogP contribution < -0.4 is 0 Å². The molecule has 3 aliphatic rings. The molecule has 0 spiro atoms. The second-order valence-corrected chi connectivity index (χ2v) is 6.85. The molecule has 0 bridgehead atoms. The van der Waals surface area contributed by atoms with Crippen LogP contribution in [0.25, 0.3) is 0 Å². The molecule has 0 aromatic rings. The third-order valence-corrected chi connectivity index (χ3v) is 5.03. The highest BCUT2D eigenvalue weighted by Gasteiger charge is 2.36. The number of nitrogens with zero attached hydrogens (tertiary/aromatic N) is 3. The van der Waals surface area contributed by atoms with Gasteiger partial charge in [-0.1, -0.05) is 6.42 Å². The molecule has 1 atom stereocenters. The molecule has 0 aromatic heterocycles. The number of rotatable bonds is 6. The van der Waals surface area contributed by atoms with Gasteiger partial charge in [0.1, 0.15) is 13.1 Å². The summed E-state index contributed by atoms with van der Waals surface area (Å²) in [6.07, 6.45) is 5.62. The Balaban J connectivity index is 1.61. The topological polar surface area (TPSA) is 70.2 Å². The van der Waals surface area contributed by atoms with Crippen molar-refractivity contribution in [1.29, 1.82) is 0 Å². The number of carbonyl (C=O) groups excluding carboxylic acids is 3. The number of amides is 4. The van der Waals surface area contributed by atoms with Gasteiger partial charge in [-0.2, -0.15) is 0 Å². The quantitative estimate of drug-likeness (QED) is 0.674. The maximum atomic E-state index is 12.7. The maximum absolute atomic E-state index is 12.7. The Kier molecular flexibility index (Phi) is 4.84. The van der Waals surface area contributed by atoms with E-state index >= 15 is 0 Å². The minimum atomic E-state index is -0.385. The Morgan fingerprint density at radius 3 is 2.52 bits per heavy atom. The van der Waals surface area contributed by atoms with Crippen molar-refractivity contribution in [3.8, 4) is 0 Å². The third kappa shape index (κ3) is 3.65. The Morgan fingerprint density at radius 2 is 2.00 bits per heavy atom. The van der Waals surface area contributed by atoms with Crippen LogP contribution in [0, 0.1) is 5.92 Å². The molecule has 2 saturated heterocycles. The predicted molar refractivity (Wildman–Crippen MR) is 82.6 cm³/mol. The summed E-state index contributed by atoms with van der Waals surface area (Å²) in [5.74, 6) is 0.101. The van der Waals surface area contributed by atoms with Gasteiger partial charge >= 0.3 is 6.03 Å². The largest absolute Gasteiger partial charge is 0.376 e. The summed E-state index contributed by atoms with van der Waals surface area (Å²) >= 11 is 0. The van der Waals surface area contributed by atoms with Gasteiger partial charge in [-0.05, 0) is 31.6 Å². The summed E-state index contributed by atoms with van der Waals surface area (Å²) in [6, 6.07) is -0.385. The van der Waals surface area contributed by atoms with Crippen LogP contribution in [0.15, 0.2) is 0 Å². The highest BCUT2D eigenvalue weighted by Crippen LogP contribution is 2.28. The van der Waals surface area contributed by atoms with Crippen molar-refractivity contribution in [3.05, 3.63) is 0 Å². The van der Waals surface area contributed by atoms with Gasteiger partial charge in [-0.25, -0.2) is 4.79 Å².